The third-order valence-corrected chi connectivity index (χ3v) is 4.72. The van der Waals surface area contributed by atoms with Crippen molar-refractivity contribution in [1.29, 1.82) is 0 Å². The van der Waals surface area contributed by atoms with Gasteiger partial charge in [0.25, 0.3) is 0 Å². The summed E-state index contributed by atoms with van der Waals surface area (Å²) in [5.41, 5.74) is 2.59. The van der Waals surface area contributed by atoms with E-state index in [-0.39, 0.29) is 51.0 Å². The maximum Gasteiger partial charge on any atom is 3.00 e. The molecule has 5 aromatic rings. The van der Waals surface area contributed by atoms with Crippen LogP contribution in [0.4, 0.5) is 0 Å². The van der Waals surface area contributed by atoms with Gasteiger partial charge >= 0.3 is 26.2 Å². The fourth-order valence-electron chi connectivity index (χ4n) is 3.59. The third kappa shape index (κ3) is 3.37. The van der Waals surface area contributed by atoms with Gasteiger partial charge in [0.05, 0.1) is 0 Å². The Morgan fingerprint density at radius 3 is 2.12 bits per heavy atom. The van der Waals surface area contributed by atoms with Crippen molar-refractivity contribution in [1.82, 2.24) is 0 Å². The largest absolute Gasteiger partial charge is 3.00 e. The zero-order valence-corrected chi connectivity index (χ0v) is 17.9. The van der Waals surface area contributed by atoms with Gasteiger partial charge in [0, 0.05) is 0 Å². The van der Waals surface area contributed by atoms with Crippen LogP contribution in [0.3, 0.4) is 0 Å². The number of hydrogen-bond donors (Lipinski definition) is 0. The zero-order valence-electron chi connectivity index (χ0n) is 13.9. The number of rotatable bonds is 1. The molecule has 0 fully saturated rings. The predicted molar refractivity (Wildman–Crippen MR) is 100.0 cm³/mol. The van der Waals surface area contributed by atoms with E-state index in [2.05, 4.69) is 91.0 Å². The summed E-state index contributed by atoms with van der Waals surface area (Å²) in [5.74, 6) is 0. The first kappa shape index (κ1) is 20.8. The van der Waals surface area contributed by atoms with E-state index in [1.165, 1.54) is 43.4 Å². The molecule has 0 unspecified atom stereocenters. The molecular weight excluding hydrogens is 438 g/mol. The summed E-state index contributed by atoms with van der Waals surface area (Å²) in [4.78, 5) is 0. The zero-order chi connectivity index (χ0) is 15.2. The Bertz CT molecular complexity index is 1170. The number of benzene rings is 4. The second-order valence-corrected chi connectivity index (χ2v) is 6.06. The Kier molecular flexibility index (Phi) is 6.75. The van der Waals surface area contributed by atoms with E-state index >= 15 is 0 Å². The molecule has 125 valence electrons. The summed E-state index contributed by atoms with van der Waals surface area (Å²) in [5, 5.41) is 7.91. The summed E-state index contributed by atoms with van der Waals surface area (Å²) in [6, 6.07) is 32.8. The van der Waals surface area contributed by atoms with E-state index in [1.807, 2.05) is 0 Å². The molecule has 0 aliphatic carbocycles. The van der Waals surface area contributed by atoms with Gasteiger partial charge in [0.15, 0.2) is 0 Å². The van der Waals surface area contributed by atoms with E-state index < -0.39 is 0 Å². The normalized spacial score (nSPS) is 10.2. The smallest absolute Gasteiger partial charge is 1.00 e. The molecule has 0 saturated heterocycles. The number of halogens is 2. The van der Waals surface area contributed by atoms with Crippen LogP contribution in [0.1, 0.15) is 0 Å². The summed E-state index contributed by atoms with van der Waals surface area (Å²) in [7, 11) is 0. The van der Waals surface area contributed by atoms with Crippen LogP contribution < -0.4 is 24.8 Å². The Morgan fingerprint density at radius 2 is 1.27 bits per heavy atom. The average Bonchev–Trinajstić information content (AvgIpc) is 3.00. The van der Waals surface area contributed by atoms with Gasteiger partial charge < -0.3 is 24.8 Å². The van der Waals surface area contributed by atoms with Crippen molar-refractivity contribution in [2.24, 2.45) is 0 Å². The van der Waals surface area contributed by atoms with Crippen molar-refractivity contribution in [2.45, 2.75) is 0 Å². The van der Waals surface area contributed by atoms with E-state index in [4.69, 9.17) is 0 Å². The fraction of sp³-hybridized carbons (Fsp3) is 0. The van der Waals surface area contributed by atoms with Gasteiger partial charge in [0.1, 0.15) is 0 Å². The second-order valence-electron chi connectivity index (χ2n) is 6.06. The first-order chi connectivity index (χ1) is 11.4. The molecule has 0 nitrogen and oxygen atoms in total. The Labute approximate surface area is 184 Å². The van der Waals surface area contributed by atoms with E-state index in [0.29, 0.717) is 0 Å². The molecule has 26 heavy (non-hydrogen) atoms. The summed E-state index contributed by atoms with van der Waals surface area (Å²) < 4.78 is 0. The van der Waals surface area contributed by atoms with E-state index in [1.54, 1.807) is 0 Å². The molecular formula is C23H15Cl2Zr. The number of hydrogen-bond acceptors (Lipinski definition) is 0. The van der Waals surface area contributed by atoms with Crippen LogP contribution in [0.15, 0.2) is 91.0 Å². The molecule has 0 saturated carbocycles. The summed E-state index contributed by atoms with van der Waals surface area (Å²) >= 11 is 0. The molecule has 0 aromatic heterocycles. The van der Waals surface area contributed by atoms with Crippen molar-refractivity contribution in [3.05, 3.63) is 91.0 Å². The van der Waals surface area contributed by atoms with Crippen LogP contribution in [0.2, 0.25) is 0 Å². The molecule has 1 radical (unpaired) electrons. The predicted octanol–water partition coefficient (Wildman–Crippen LogP) is 0.538. The van der Waals surface area contributed by atoms with Crippen LogP contribution in [-0.4, -0.2) is 0 Å². The fourth-order valence-corrected chi connectivity index (χ4v) is 3.59. The molecule has 0 heterocycles. The first-order valence-electron chi connectivity index (χ1n) is 7.96. The van der Waals surface area contributed by atoms with Gasteiger partial charge in [-0.1, -0.05) is 90.0 Å². The second kappa shape index (κ2) is 8.44. The van der Waals surface area contributed by atoms with Crippen molar-refractivity contribution in [2.75, 3.05) is 0 Å². The van der Waals surface area contributed by atoms with Crippen molar-refractivity contribution < 1.29 is 51.0 Å². The minimum Gasteiger partial charge on any atom is -1.00 e. The topological polar surface area (TPSA) is 0 Å². The molecule has 0 spiro atoms. The molecule has 0 amide bonds. The standard InChI is InChI=1S/C23H15.2ClH.Zr/c1-2-7-17-14-19(13-12-16(17)6-1)21-10-5-11-22-20-9-4-3-8-18(20)15-23(21)22;;;/h1-15H;2*1H;/q-1;;;+3/p-2. The Balaban J connectivity index is 0.000000810. The number of fused-ring (bicyclic) bond motifs is 4. The Hall–Kier alpha value is -1.53. The van der Waals surface area contributed by atoms with Gasteiger partial charge in [0.2, 0.25) is 0 Å². The van der Waals surface area contributed by atoms with Crippen molar-refractivity contribution in [3.63, 3.8) is 0 Å². The van der Waals surface area contributed by atoms with Gasteiger partial charge in [-0.25, -0.2) is 0 Å². The maximum absolute atomic E-state index is 2.31. The van der Waals surface area contributed by atoms with Crippen LogP contribution in [0.5, 0.6) is 0 Å². The first-order valence-corrected chi connectivity index (χ1v) is 7.96. The van der Waals surface area contributed by atoms with Crippen LogP contribution in [0, 0.1) is 0 Å². The van der Waals surface area contributed by atoms with Gasteiger partial charge in [-0.2, -0.15) is 0 Å². The molecule has 5 rings (SSSR count). The average molecular weight is 454 g/mol. The van der Waals surface area contributed by atoms with Crippen LogP contribution in [0.25, 0.3) is 43.4 Å². The molecule has 0 aliphatic heterocycles. The summed E-state index contributed by atoms with van der Waals surface area (Å²) in [6.07, 6.45) is 0. The van der Waals surface area contributed by atoms with E-state index in [0.717, 1.165) is 0 Å². The maximum atomic E-state index is 2.31. The molecule has 0 N–H and O–H groups in total. The van der Waals surface area contributed by atoms with Gasteiger partial charge in [-0.3, -0.25) is 0 Å². The molecule has 0 bridgehead atoms. The van der Waals surface area contributed by atoms with Gasteiger partial charge in [-0.05, 0) is 10.8 Å². The minimum absolute atomic E-state index is 0. The summed E-state index contributed by atoms with van der Waals surface area (Å²) in [6.45, 7) is 0. The van der Waals surface area contributed by atoms with E-state index in [9.17, 15) is 0 Å². The SMILES string of the molecule is [Cl-].[Cl-].[Zr+3].c1ccc2cc(-c3cccc4c3[cH-]c3ccccc34)ccc2c1. The molecule has 5 aromatic carbocycles. The third-order valence-electron chi connectivity index (χ3n) is 4.72. The molecule has 0 aliphatic rings. The van der Waals surface area contributed by atoms with Gasteiger partial charge in [-0.15, -0.1) is 33.7 Å². The Morgan fingerprint density at radius 1 is 0.577 bits per heavy atom. The quantitative estimate of drug-likeness (QED) is 0.325. The van der Waals surface area contributed by atoms with Crippen molar-refractivity contribution >= 4 is 32.3 Å². The van der Waals surface area contributed by atoms with Crippen LogP contribution in [-0.2, 0) is 26.2 Å². The molecule has 0 atom stereocenters. The minimum atomic E-state index is 0. The molecule has 3 heteroatoms. The monoisotopic (exact) mass is 451 g/mol. The van der Waals surface area contributed by atoms with Crippen molar-refractivity contribution in [3.8, 4) is 11.1 Å². The van der Waals surface area contributed by atoms with Crippen LogP contribution >= 0.6 is 0 Å².